The standard InChI is InChI=1S/C19H17N5O2/c1-25-16-8-7-13(26-11-12-5-3-2-4-6-12)9-14(16)17-15(10-20)18(21)24-19(22)23-17/h2-9H,11H2,1H3,(H4,21,22,23,24). The summed E-state index contributed by atoms with van der Waals surface area (Å²) in [4.78, 5) is 8.01. The molecule has 0 fully saturated rings. The van der Waals surface area contributed by atoms with Crippen LogP contribution in [0.1, 0.15) is 11.1 Å². The molecule has 1 heterocycles. The number of nitrogens with zero attached hydrogens (tertiary/aromatic N) is 3. The number of hydrogen-bond acceptors (Lipinski definition) is 7. The van der Waals surface area contributed by atoms with Crippen LogP contribution in [-0.2, 0) is 6.61 Å². The van der Waals surface area contributed by atoms with E-state index in [4.69, 9.17) is 20.9 Å². The van der Waals surface area contributed by atoms with Crippen molar-refractivity contribution in [1.29, 1.82) is 5.26 Å². The van der Waals surface area contributed by atoms with Crippen LogP contribution < -0.4 is 20.9 Å². The summed E-state index contributed by atoms with van der Waals surface area (Å²) < 4.78 is 11.2. The first-order valence-corrected chi connectivity index (χ1v) is 7.80. The maximum absolute atomic E-state index is 9.41. The Balaban J connectivity index is 2.00. The summed E-state index contributed by atoms with van der Waals surface area (Å²) in [7, 11) is 1.53. The van der Waals surface area contributed by atoms with Crippen molar-refractivity contribution in [3.63, 3.8) is 0 Å². The van der Waals surface area contributed by atoms with Crippen LogP contribution in [0.15, 0.2) is 48.5 Å². The van der Waals surface area contributed by atoms with E-state index in [1.807, 2.05) is 36.4 Å². The molecule has 0 saturated heterocycles. The fraction of sp³-hybridized carbons (Fsp3) is 0.105. The molecule has 1 aromatic heterocycles. The predicted octanol–water partition coefficient (Wildman–Crippen LogP) is 2.77. The molecule has 0 unspecified atom stereocenters. The third-order valence-electron chi connectivity index (χ3n) is 3.74. The highest BCUT2D eigenvalue weighted by Gasteiger charge is 2.18. The van der Waals surface area contributed by atoms with Crippen LogP contribution >= 0.6 is 0 Å². The van der Waals surface area contributed by atoms with Gasteiger partial charge in [-0.3, -0.25) is 0 Å². The molecule has 7 heteroatoms. The second kappa shape index (κ2) is 7.40. The Labute approximate surface area is 150 Å². The van der Waals surface area contributed by atoms with Gasteiger partial charge in [0.2, 0.25) is 5.95 Å². The van der Waals surface area contributed by atoms with Crippen LogP contribution in [0.2, 0.25) is 0 Å². The summed E-state index contributed by atoms with van der Waals surface area (Å²) in [6, 6.07) is 17.1. The van der Waals surface area contributed by atoms with Gasteiger partial charge >= 0.3 is 0 Å². The van der Waals surface area contributed by atoms with Gasteiger partial charge in [0.05, 0.1) is 12.8 Å². The van der Waals surface area contributed by atoms with Crippen LogP contribution in [0.5, 0.6) is 11.5 Å². The minimum Gasteiger partial charge on any atom is -0.496 e. The van der Waals surface area contributed by atoms with Crippen molar-refractivity contribution in [1.82, 2.24) is 9.97 Å². The molecule has 0 aliphatic rings. The highest BCUT2D eigenvalue weighted by Crippen LogP contribution is 2.35. The lowest BCUT2D eigenvalue weighted by Crippen LogP contribution is -2.05. The molecule has 4 N–H and O–H groups in total. The van der Waals surface area contributed by atoms with Gasteiger partial charge in [0.25, 0.3) is 0 Å². The smallest absolute Gasteiger partial charge is 0.222 e. The molecular weight excluding hydrogens is 330 g/mol. The Kier molecular flexibility index (Phi) is 4.85. The zero-order chi connectivity index (χ0) is 18.5. The minimum absolute atomic E-state index is 0.0193. The molecule has 0 saturated carbocycles. The Hall–Kier alpha value is -3.79. The number of hydrogen-bond donors (Lipinski definition) is 2. The van der Waals surface area contributed by atoms with Crippen LogP contribution in [0.4, 0.5) is 11.8 Å². The van der Waals surface area contributed by atoms with Crippen LogP contribution in [-0.4, -0.2) is 17.1 Å². The van der Waals surface area contributed by atoms with Crippen molar-refractivity contribution in [3.8, 4) is 28.8 Å². The normalized spacial score (nSPS) is 10.2. The van der Waals surface area contributed by atoms with E-state index in [0.717, 1.165) is 5.56 Å². The largest absolute Gasteiger partial charge is 0.496 e. The minimum atomic E-state index is -0.0193. The number of nitrogens with two attached hydrogens (primary N) is 2. The van der Waals surface area contributed by atoms with Gasteiger partial charge in [-0.15, -0.1) is 0 Å². The third kappa shape index (κ3) is 3.49. The number of nitriles is 1. The summed E-state index contributed by atoms with van der Waals surface area (Å²) in [6.07, 6.45) is 0. The number of benzene rings is 2. The number of anilines is 2. The summed E-state index contributed by atoms with van der Waals surface area (Å²) in [5.41, 5.74) is 13.5. The van der Waals surface area contributed by atoms with Gasteiger partial charge in [0.15, 0.2) is 0 Å². The SMILES string of the molecule is COc1ccc(OCc2ccccc2)cc1-c1nc(N)nc(N)c1C#N. The van der Waals surface area contributed by atoms with E-state index in [9.17, 15) is 5.26 Å². The van der Waals surface area contributed by atoms with Crippen molar-refractivity contribution in [2.24, 2.45) is 0 Å². The maximum atomic E-state index is 9.41. The number of aromatic nitrogens is 2. The molecule has 0 aliphatic carbocycles. The fourth-order valence-corrected chi connectivity index (χ4v) is 2.50. The molecule has 3 rings (SSSR count). The van der Waals surface area contributed by atoms with Crippen LogP contribution in [0.3, 0.4) is 0 Å². The zero-order valence-electron chi connectivity index (χ0n) is 14.1. The molecule has 26 heavy (non-hydrogen) atoms. The fourth-order valence-electron chi connectivity index (χ4n) is 2.50. The van der Waals surface area contributed by atoms with Crippen molar-refractivity contribution in [2.45, 2.75) is 6.61 Å². The van der Waals surface area contributed by atoms with E-state index in [2.05, 4.69) is 9.97 Å². The molecule has 2 aromatic carbocycles. The van der Waals surface area contributed by atoms with E-state index in [-0.39, 0.29) is 17.3 Å². The molecule has 0 bridgehead atoms. The van der Waals surface area contributed by atoms with E-state index < -0.39 is 0 Å². The van der Waals surface area contributed by atoms with Crippen LogP contribution in [0.25, 0.3) is 11.3 Å². The Morgan fingerprint density at radius 1 is 1.08 bits per heavy atom. The Morgan fingerprint density at radius 2 is 1.85 bits per heavy atom. The quantitative estimate of drug-likeness (QED) is 0.728. The molecule has 0 amide bonds. The van der Waals surface area contributed by atoms with Crippen molar-refractivity contribution < 1.29 is 9.47 Å². The average molecular weight is 347 g/mol. The maximum Gasteiger partial charge on any atom is 0.222 e. The predicted molar refractivity (Wildman–Crippen MR) is 98.3 cm³/mol. The molecule has 7 nitrogen and oxygen atoms in total. The molecule has 0 aliphatic heterocycles. The van der Waals surface area contributed by atoms with Crippen molar-refractivity contribution >= 4 is 11.8 Å². The highest BCUT2D eigenvalue weighted by molar-refractivity contribution is 5.78. The molecule has 130 valence electrons. The van der Waals surface area contributed by atoms with Gasteiger partial charge in [-0.25, -0.2) is 4.98 Å². The third-order valence-corrected chi connectivity index (χ3v) is 3.74. The number of methoxy groups -OCH3 is 1. The van der Waals surface area contributed by atoms with E-state index in [1.54, 1.807) is 18.2 Å². The molecule has 3 aromatic rings. The van der Waals surface area contributed by atoms with Crippen LogP contribution in [0, 0.1) is 11.3 Å². The summed E-state index contributed by atoms with van der Waals surface area (Å²) in [6.45, 7) is 0.408. The Bertz CT molecular complexity index is 968. The summed E-state index contributed by atoms with van der Waals surface area (Å²) >= 11 is 0. The van der Waals surface area contributed by atoms with E-state index >= 15 is 0 Å². The van der Waals surface area contributed by atoms with E-state index in [1.165, 1.54) is 7.11 Å². The lowest BCUT2D eigenvalue weighted by Gasteiger charge is -2.13. The first kappa shape index (κ1) is 17.0. The summed E-state index contributed by atoms with van der Waals surface area (Å²) in [5.74, 6) is 1.12. The van der Waals surface area contributed by atoms with Gasteiger partial charge in [0, 0.05) is 5.56 Å². The number of rotatable bonds is 5. The van der Waals surface area contributed by atoms with Gasteiger partial charge in [-0.1, -0.05) is 30.3 Å². The molecule has 0 spiro atoms. The van der Waals surface area contributed by atoms with Gasteiger partial charge < -0.3 is 20.9 Å². The van der Waals surface area contributed by atoms with Crippen molar-refractivity contribution in [2.75, 3.05) is 18.6 Å². The van der Waals surface area contributed by atoms with Gasteiger partial charge in [-0.2, -0.15) is 10.2 Å². The lowest BCUT2D eigenvalue weighted by atomic mass is 10.1. The van der Waals surface area contributed by atoms with Gasteiger partial charge in [0.1, 0.15) is 35.6 Å². The van der Waals surface area contributed by atoms with Gasteiger partial charge in [-0.05, 0) is 23.8 Å². The first-order chi connectivity index (χ1) is 12.6. The second-order valence-electron chi connectivity index (χ2n) is 5.44. The molecular formula is C19H17N5O2. The number of nitrogen functional groups attached to an aromatic ring is 2. The zero-order valence-corrected chi connectivity index (χ0v) is 14.1. The second-order valence-corrected chi connectivity index (χ2v) is 5.44. The lowest BCUT2D eigenvalue weighted by molar-refractivity contribution is 0.305. The molecule has 0 radical (unpaired) electrons. The summed E-state index contributed by atoms with van der Waals surface area (Å²) in [5, 5.41) is 9.41. The molecule has 0 atom stereocenters. The first-order valence-electron chi connectivity index (χ1n) is 7.80. The van der Waals surface area contributed by atoms with E-state index in [0.29, 0.717) is 29.4 Å². The number of ether oxygens (including phenoxy) is 2. The highest BCUT2D eigenvalue weighted by atomic mass is 16.5. The average Bonchev–Trinajstić information content (AvgIpc) is 2.66. The topological polar surface area (TPSA) is 120 Å². The van der Waals surface area contributed by atoms with Crippen molar-refractivity contribution in [3.05, 3.63) is 59.7 Å². The Morgan fingerprint density at radius 3 is 2.54 bits per heavy atom. The monoisotopic (exact) mass is 347 g/mol.